The molecule has 2 aliphatic rings. The largest absolute Gasteiger partial charge is 0.388 e. The summed E-state index contributed by atoms with van der Waals surface area (Å²) in [6, 6.07) is 7.60. The zero-order valence-corrected chi connectivity index (χ0v) is 12.4. The predicted molar refractivity (Wildman–Crippen MR) is 80.8 cm³/mol. The van der Waals surface area contributed by atoms with Crippen LogP contribution in [0.3, 0.4) is 0 Å². The van der Waals surface area contributed by atoms with Gasteiger partial charge in [0.2, 0.25) is 0 Å². The Kier molecular flexibility index (Phi) is 4.45. The third-order valence-electron chi connectivity index (χ3n) is 4.55. The van der Waals surface area contributed by atoms with E-state index in [1.165, 1.54) is 17.6 Å². The molecule has 1 N–H and O–H groups in total. The summed E-state index contributed by atoms with van der Waals surface area (Å²) in [7, 11) is 0. The van der Waals surface area contributed by atoms with Gasteiger partial charge in [-0.2, -0.15) is 0 Å². The molecule has 2 atom stereocenters. The highest BCUT2D eigenvalue weighted by Gasteiger charge is 2.31. The third kappa shape index (κ3) is 2.93. The number of hydrogen-bond acceptors (Lipinski definition) is 2. The van der Waals surface area contributed by atoms with Crippen LogP contribution in [0.5, 0.6) is 0 Å². The molecule has 0 amide bonds. The molecule has 2 nitrogen and oxygen atoms in total. The average molecular weight is 293 g/mol. The van der Waals surface area contributed by atoms with Crippen LogP contribution in [-0.4, -0.2) is 18.3 Å². The van der Waals surface area contributed by atoms with Gasteiger partial charge in [0.25, 0.3) is 0 Å². The minimum atomic E-state index is -0.403. The second-order valence-electron chi connectivity index (χ2n) is 5.74. The molecule has 3 heteroatoms. The van der Waals surface area contributed by atoms with Crippen LogP contribution in [0.1, 0.15) is 43.8 Å². The number of ether oxygens (including phenoxy) is 1. The van der Waals surface area contributed by atoms with Gasteiger partial charge in [-0.1, -0.05) is 34.9 Å². The van der Waals surface area contributed by atoms with Gasteiger partial charge in [-0.05, 0) is 49.8 Å². The second-order valence-corrected chi connectivity index (χ2v) is 6.17. The molecule has 1 aromatic carbocycles. The molecular formula is C17H21ClO2. The Morgan fingerprint density at radius 2 is 1.80 bits per heavy atom. The van der Waals surface area contributed by atoms with Gasteiger partial charge < -0.3 is 9.84 Å². The summed E-state index contributed by atoms with van der Waals surface area (Å²) in [6.07, 6.45) is 5.10. The van der Waals surface area contributed by atoms with E-state index in [1.807, 2.05) is 24.3 Å². The lowest BCUT2D eigenvalue weighted by molar-refractivity contribution is 0.112. The van der Waals surface area contributed by atoms with Crippen LogP contribution in [-0.2, 0) is 4.74 Å². The van der Waals surface area contributed by atoms with E-state index in [-0.39, 0.29) is 5.92 Å². The number of benzene rings is 1. The number of aliphatic hydroxyl groups is 1. The van der Waals surface area contributed by atoms with Gasteiger partial charge in [0.15, 0.2) is 0 Å². The highest BCUT2D eigenvalue weighted by molar-refractivity contribution is 6.30. The first-order chi connectivity index (χ1) is 9.75. The van der Waals surface area contributed by atoms with Crippen molar-refractivity contribution >= 4 is 11.6 Å². The van der Waals surface area contributed by atoms with Crippen molar-refractivity contribution in [2.45, 2.75) is 38.2 Å². The van der Waals surface area contributed by atoms with Crippen molar-refractivity contribution in [3.05, 3.63) is 46.0 Å². The van der Waals surface area contributed by atoms with E-state index in [9.17, 15) is 5.11 Å². The second kappa shape index (κ2) is 6.30. The van der Waals surface area contributed by atoms with E-state index in [4.69, 9.17) is 16.3 Å². The number of aliphatic hydroxyl groups excluding tert-OH is 1. The number of rotatable bonds is 2. The Morgan fingerprint density at radius 1 is 1.10 bits per heavy atom. The standard InChI is InChI=1S/C17H21ClO2/c18-14-6-4-13(5-7-14)17(19)16-3-1-2-15(16)12-8-10-20-11-9-12/h4-7,16-17,19H,1-3,8-11H2/t16-,17+/m1/s1. The van der Waals surface area contributed by atoms with Gasteiger partial charge in [-0.3, -0.25) is 0 Å². The predicted octanol–water partition coefficient (Wildman–Crippen LogP) is 4.28. The monoisotopic (exact) mass is 292 g/mol. The fraction of sp³-hybridized carbons (Fsp3) is 0.529. The van der Waals surface area contributed by atoms with Gasteiger partial charge in [-0.15, -0.1) is 0 Å². The van der Waals surface area contributed by atoms with Crippen molar-refractivity contribution in [1.82, 2.24) is 0 Å². The normalized spacial score (nSPS) is 25.0. The molecule has 3 rings (SSSR count). The molecule has 0 unspecified atom stereocenters. The topological polar surface area (TPSA) is 29.5 Å². The summed E-state index contributed by atoms with van der Waals surface area (Å²) in [5.41, 5.74) is 4.01. The summed E-state index contributed by atoms with van der Waals surface area (Å²) in [6.45, 7) is 1.67. The molecule has 1 saturated heterocycles. The van der Waals surface area contributed by atoms with Gasteiger partial charge in [0.1, 0.15) is 0 Å². The highest BCUT2D eigenvalue weighted by atomic mass is 35.5. The Labute approximate surface area is 125 Å². The van der Waals surface area contributed by atoms with Crippen molar-refractivity contribution in [3.63, 3.8) is 0 Å². The highest BCUT2D eigenvalue weighted by Crippen LogP contribution is 2.43. The molecule has 1 saturated carbocycles. The summed E-state index contributed by atoms with van der Waals surface area (Å²) in [4.78, 5) is 0. The van der Waals surface area contributed by atoms with Gasteiger partial charge >= 0.3 is 0 Å². The van der Waals surface area contributed by atoms with E-state index in [0.29, 0.717) is 0 Å². The van der Waals surface area contributed by atoms with Crippen LogP contribution >= 0.6 is 11.6 Å². The van der Waals surface area contributed by atoms with Crippen LogP contribution in [0.25, 0.3) is 0 Å². The van der Waals surface area contributed by atoms with E-state index >= 15 is 0 Å². The first-order valence-corrected chi connectivity index (χ1v) is 7.85. The van der Waals surface area contributed by atoms with Crippen LogP contribution in [0.15, 0.2) is 35.4 Å². The van der Waals surface area contributed by atoms with Crippen molar-refractivity contribution in [3.8, 4) is 0 Å². The molecule has 0 bridgehead atoms. The van der Waals surface area contributed by atoms with Crippen molar-refractivity contribution in [1.29, 1.82) is 0 Å². The molecular weight excluding hydrogens is 272 g/mol. The smallest absolute Gasteiger partial charge is 0.0855 e. The van der Waals surface area contributed by atoms with Crippen LogP contribution in [0, 0.1) is 5.92 Å². The first kappa shape index (κ1) is 14.1. The minimum Gasteiger partial charge on any atom is -0.388 e. The average Bonchev–Trinajstić information content (AvgIpc) is 2.97. The maximum Gasteiger partial charge on any atom is 0.0855 e. The van der Waals surface area contributed by atoms with E-state index in [2.05, 4.69) is 0 Å². The minimum absolute atomic E-state index is 0.282. The molecule has 0 aromatic heterocycles. The quantitative estimate of drug-likeness (QED) is 0.825. The Balaban J connectivity index is 1.82. The molecule has 0 radical (unpaired) electrons. The SMILES string of the molecule is O[C@@H](c1ccc(Cl)cc1)[C@@H]1CCCC1=C1CCOCC1. The molecule has 0 spiro atoms. The van der Waals surface area contributed by atoms with E-state index in [0.717, 1.165) is 49.5 Å². The molecule has 20 heavy (non-hydrogen) atoms. The zero-order chi connectivity index (χ0) is 13.9. The molecule has 1 aliphatic carbocycles. The molecule has 1 aromatic rings. The summed E-state index contributed by atoms with van der Waals surface area (Å²) in [5, 5.41) is 11.4. The number of halogens is 1. The lowest BCUT2D eigenvalue weighted by Gasteiger charge is -2.25. The molecule has 1 aliphatic heterocycles. The summed E-state index contributed by atoms with van der Waals surface area (Å²) < 4.78 is 5.44. The number of hydrogen-bond donors (Lipinski definition) is 1. The Hall–Kier alpha value is -0.830. The van der Waals surface area contributed by atoms with E-state index < -0.39 is 6.10 Å². The van der Waals surface area contributed by atoms with Crippen molar-refractivity contribution < 1.29 is 9.84 Å². The van der Waals surface area contributed by atoms with Gasteiger partial charge in [-0.25, -0.2) is 0 Å². The zero-order valence-electron chi connectivity index (χ0n) is 11.6. The van der Waals surface area contributed by atoms with Gasteiger partial charge in [0, 0.05) is 10.9 Å². The summed E-state index contributed by atoms with van der Waals surface area (Å²) in [5.74, 6) is 0.282. The first-order valence-electron chi connectivity index (χ1n) is 7.48. The lowest BCUT2D eigenvalue weighted by atomic mass is 9.86. The molecule has 108 valence electrons. The van der Waals surface area contributed by atoms with Gasteiger partial charge in [0.05, 0.1) is 19.3 Å². The van der Waals surface area contributed by atoms with Crippen molar-refractivity contribution in [2.75, 3.05) is 13.2 Å². The van der Waals surface area contributed by atoms with Crippen molar-refractivity contribution in [2.24, 2.45) is 5.92 Å². The Bertz CT molecular complexity index is 484. The van der Waals surface area contributed by atoms with Crippen LogP contribution < -0.4 is 0 Å². The fourth-order valence-electron chi connectivity index (χ4n) is 3.49. The van der Waals surface area contributed by atoms with E-state index in [1.54, 1.807) is 0 Å². The van der Waals surface area contributed by atoms with Crippen LogP contribution in [0.4, 0.5) is 0 Å². The maximum atomic E-state index is 10.7. The molecule has 2 fully saturated rings. The lowest BCUT2D eigenvalue weighted by Crippen LogP contribution is -2.15. The maximum absolute atomic E-state index is 10.7. The Morgan fingerprint density at radius 3 is 2.50 bits per heavy atom. The molecule has 1 heterocycles. The third-order valence-corrected chi connectivity index (χ3v) is 4.80. The van der Waals surface area contributed by atoms with Crippen LogP contribution in [0.2, 0.25) is 5.02 Å². The summed E-state index contributed by atoms with van der Waals surface area (Å²) >= 11 is 5.92. The fourth-order valence-corrected chi connectivity index (χ4v) is 3.62.